The van der Waals surface area contributed by atoms with Crippen LogP contribution in [0.3, 0.4) is 0 Å². The highest BCUT2D eigenvalue weighted by Gasteiger charge is 2.20. The topological polar surface area (TPSA) is 85.3 Å². The molecule has 0 fully saturated rings. The Bertz CT molecular complexity index is 1330. The number of carbonyl (C=O) groups is 2. The smallest absolute Gasteiger partial charge is 0.259 e. The summed E-state index contributed by atoms with van der Waals surface area (Å²) in [6.07, 6.45) is 1.71. The third kappa shape index (κ3) is 4.99. The van der Waals surface area contributed by atoms with Crippen LogP contribution in [0.5, 0.6) is 5.75 Å². The molecule has 4 rings (SSSR count). The summed E-state index contributed by atoms with van der Waals surface area (Å²) < 4.78 is 7.05. The fraction of sp³-hybridized carbons (Fsp3) is 0.148. The van der Waals surface area contributed by atoms with Gasteiger partial charge in [0.2, 0.25) is 0 Å². The van der Waals surface area contributed by atoms with Crippen LogP contribution in [0.25, 0.3) is 16.9 Å². The number of aryl methyl sites for hydroxylation is 1. The molecule has 0 radical (unpaired) electrons. The molecule has 2 amide bonds. The fourth-order valence-electron chi connectivity index (χ4n) is 3.55. The van der Waals surface area contributed by atoms with Gasteiger partial charge in [0.1, 0.15) is 11.4 Å². The number of methoxy groups -OCH3 is 1. The van der Waals surface area contributed by atoms with E-state index < -0.39 is 0 Å². The van der Waals surface area contributed by atoms with Gasteiger partial charge in [0.15, 0.2) is 0 Å². The Morgan fingerprint density at radius 2 is 1.74 bits per heavy atom. The van der Waals surface area contributed by atoms with E-state index in [1.165, 1.54) is 0 Å². The average molecular weight is 455 g/mol. The van der Waals surface area contributed by atoms with Crippen LogP contribution < -0.4 is 15.4 Å². The maximum absolute atomic E-state index is 13.4. The minimum absolute atomic E-state index is 0.192. The molecule has 3 aromatic carbocycles. The summed E-state index contributed by atoms with van der Waals surface area (Å²) in [5.41, 5.74) is 4.65. The predicted octanol–water partition coefficient (Wildman–Crippen LogP) is 4.86. The zero-order valence-electron chi connectivity index (χ0n) is 19.3. The maximum atomic E-state index is 13.4. The van der Waals surface area contributed by atoms with Gasteiger partial charge in [0.05, 0.1) is 18.4 Å². The van der Waals surface area contributed by atoms with Crippen LogP contribution in [0.1, 0.15) is 33.2 Å². The highest BCUT2D eigenvalue weighted by atomic mass is 16.5. The Hall–Kier alpha value is -4.39. The zero-order chi connectivity index (χ0) is 24.1. The van der Waals surface area contributed by atoms with Crippen LogP contribution in [0, 0.1) is 6.92 Å². The number of ether oxygens (including phenoxy) is 1. The van der Waals surface area contributed by atoms with Crippen molar-refractivity contribution >= 4 is 17.5 Å². The number of nitrogens with one attached hydrogen (secondary N) is 2. The van der Waals surface area contributed by atoms with Crippen LogP contribution in [0.4, 0.5) is 5.69 Å². The SMILES string of the molecule is CCNC(=O)c1cccc(NC(=O)c2cn(-c3ccc(C)cc3)nc2-c2cccc(OC)c2)c1. The molecule has 7 heteroatoms. The molecule has 1 aromatic heterocycles. The Balaban J connectivity index is 1.72. The quantitative estimate of drug-likeness (QED) is 0.418. The van der Waals surface area contributed by atoms with Crippen LogP contribution in [0.2, 0.25) is 0 Å². The first-order valence-corrected chi connectivity index (χ1v) is 11.0. The predicted molar refractivity (Wildman–Crippen MR) is 133 cm³/mol. The largest absolute Gasteiger partial charge is 0.497 e. The summed E-state index contributed by atoms with van der Waals surface area (Å²) >= 11 is 0. The number of rotatable bonds is 7. The van der Waals surface area contributed by atoms with E-state index in [1.54, 1.807) is 42.3 Å². The fourth-order valence-corrected chi connectivity index (χ4v) is 3.55. The summed E-state index contributed by atoms with van der Waals surface area (Å²) in [4.78, 5) is 25.6. The molecule has 0 atom stereocenters. The molecule has 0 bridgehead atoms. The van der Waals surface area contributed by atoms with Crippen molar-refractivity contribution in [2.75, 3.05) is 19.0 Å². The van der Waals surface area contributed by atoms with E-state index >= 15 is 0 Å². The van der Waals surface area contributed by atoms with E-state index in [0.29, 0.717) is 34.8 Å². The van der Waals surface area contributed by atoms with E-state index in [4.69, 9.17) is 9.84 Å². The molecular weight excluding hydrogens is 428 g/mol. The third-order valence-electron chi connectivity index (χ3n) is 5.32. The van der Waals surface area contributed by atoms with Gasteiger partial charge in [-0.2, -0.15) is 5.10 Å². The Morgan fingerprint density at radius 3 is 2.47 bits per heavy atom. The monoisotopic (exact) mass is 454 g/mol. The van der Waals surface area contributed by atoms with Crippen molar-refractivity contribution in [3.05, 3.63) is 95.7 Å². The first-order chi connectivity index (χ1) is 16.5. The van der Waals surface area contributed by atoms with Crippen LogP contribution in [-0.2, 0) is 0 Å². The van der Waals surface area contributed by atoms with Gasteiger partial charge in [-0.3, -0.25) is 9.59 Å². The van der Waals surface area contributed by atoms with Crippen molar-refractivity contribution in [3.8, 4) is 22.7 Å². The standard InChI is InChI=1S/C27H26N4O3/c1-4-28-26(32)20-8-5-9-21(15-20)29-27(33)24-17-31(22-13-11-18(2)12-14-22)30-25(24)19-7-6-10-23(16-19)34-3/h5-17H,4H2,1-3H3,(H,28,32)(H,29,33). The summed E-state index contributed by atoms with van der Waals surface area (Å²) in [5.74, 6) is 0.149. The molecule has 4 aromatic rings. The average Bonchev–Trinajstić information content (AvgIpc) is 3.31. The van der Waals surface area contributed by atoms with Crippen LogP contribution >= 0.6 is 0 Å². The second-order valence-corrected chi connectivity index (χ2v) is 7.80. The third-order valence-corrected chi connectivity index (χ3v) is 5.32. The van der Waals surface area contributed by atoms with Gasteiger partial charge in [-0.1, -0.05) is 35.9 Å². The zero-order valence-corrected chi connectivity index (χ0v) is 19.3. The lowest BCUT2D eigenvalue weighted by atomic mass is 10.1. The molecule has 7 nitrogen and oxygen atoms in total. The molecule has 0 aliphatic heterocycles. The van der Waals surface area contributed by atoms with E-state index in [9.17, 15) is 9.59 Å². The lowest BCUT2D eigenvalue weighted by molar-refractivity contribution is 0.0954. The van der Waals surface area contributed by atoms with Crippen LogP contribution in [-0.4, -0.2) is 35.2 Å². The number of benzene rings is 3. The number of anilines is 1. The van der Waals surface area contributed by atoms with Gasteiger partial charge in [0.25, 0.3) is 11.8 Å². The van der Waals surface area contributed by atoms with Crippen molar-refractivity contribution in [2.24, 2.45) is 0 Å². The summed E-state index contributed by atoms with van der Waals surface area (Å²) in [6.45, 7) is 4.40. The molecule has 0 aliphatic rings. The number of hydrogen-bond acceptors (Lipinski definition) is 4. The van der Waals surface area contributed by atoms with Crippen molar-refractivity contribution in [1.82, 2.24) is 15.1 Å². The molecule has 0 spiro atoms. The Morgan fingerprint density at radius 1 is 0.971 bits per heavy atom. The molecule has 0 saturated heterocycles. The van der Waals surface area contributed by atoms with Gasteiger partial charge in [-0.05, 0) is 56.3 Å². The number of amides is 2. The summed E-state index contributed by atoms with van der Waals surface area (Å²) in [6, 6.07) is 22.2. The second-order valence-electron chi connectivity index (χ2n) is 7.80. The van der Waals surface area contributed by atoms with Crippen molar-refractivity contribution in [3.63, 3.8) is 0 Å². The number of hydrogen-bond donors (Lipinski definition) is 2. The van der Waals surface area contributed by atoms with E-state index in [-0.39, 0.29) is 11.8 Å². The van der Waals surface area contributed by atoms with Crippen LogP contribution in [0.15, 0.2) is 79.0 Å². The molecule has 0 aliphatic carbocycles. The highest BCUT2D eigenvalue weighted by Crippen LogP contribution is 2.28. The summed E-state index contributed by atoms with van der Waals surface area (Å²) in [5, 5.41) is 10.4. The molecule has 172 valence electrons. The Labute approximate surface area is 198 Å². The number of aromatic nitrogens is 2. The molecule has 0 unspecified atom stereocenters. The van der Waals surface area contributed by atoms with E-state index in [2.05, 4.69) is 10.6 Å². The Kier molecular flexibility index (Phi) is 6.73. The molecular formula is C27H26N4O3. The number of nitrogens with zero attached hydrogens (tertiary/aromatic N) is 2. The normalized spacial score (nSPS) is 10.6. The molecule has 2 N–H and O–H groups in total. The van der Waals surface area contributed by atoms with Gasteiger partial charge in [0, 0.05) is 29.6 Å². The number of carbonyl (C=O) groups excluding carboxylic acids is 2. The lowest BCUT2D eigenvalue weighted by Gasteiger charge is -2.08. The van der Waals surface area contributed by atoms with E-state index in [0.717, 1.165) is 16.8 Å². The van der Waals surface area contributed by atoms with Gasteiger partial charge < -0.3 is 15.4 Å². The van der Waals surface area contributed by atoms with Crippen molar-refractivity contribution in [2.45, 2.75) is 13.8 Å². The van der Waals surface area contributed by atoms with Crippen molar-refractivity contribution in [1.29, 1.82) is 0 Å². The van der Waals surface area contributed by atoms with Gasteiger partial charge >= 0.3 is 0 Å². The first-order valence-electron chi connectivity index (χ1n) is 11.0. The molecule has 34 heavy (non-hydrogen) atoms. The first kappa shape index (κ1) is 22.8. The molecule has 0 saturated carbocycles. The lowest BCUT2D eigenvalue weighted by Crippen LogP contribution is -2.22. The highest BCUT2D eigenvalue weighted by molar-refractivity contribution is 6.08. The molecule has 1 heterocycles. The second kappa shape index (κ2) is 10.0. The maximum Gasteiger partial charge on any atom is 0.259 e. The van der Waals surface area contributed by atoms with Gasteiger partial charge in [-0.25, -0.2) is 4.68 Å². The minimum atomic E-state index is -0.329. The minimum Gasteiger partial charge on any atom is -0.497 e. The van der Waals surface area contributed by atoms with Crippen molar-refractivity contribution < 1.29 is 14.3 Å². The van der Waals surface area contributed by atoms with E-state index in [1.807, 2.05) is 62.4 Å². The van der Waals surface area contributed by atoms with Gasteiger partial charge in [-0.15, -0.1) is 0 Å². The summed E-state index contributed by atoms with van der Waals surface area (Å²) in [7, 11) is 1.60.